The second kappa shape index (κ2) is 6.31. The molecular formula is C10H17N3O2. The maximum Gasteiger partial charge on any atom is 0.158 e. The molecule has 5 heteroatoms. The quantitative estimate of drug-likeness (QED) is 0.639. The van der Waals surface area contributed by atoms with E-state index in [-0.39, 0.29) is 12.4 Å². The van der Waals surface area contributed by atoms with Gasteiger partial charge < -0.3 is 10.5 Å². The summed E-state index contributed by atoms with van der Waals surface area (Å²) in [7, 11) is 1.86. The summed E-state index contributed by atoms with van der Waals surface area (Å²) in [6.07, 6.45) is 4.90. The standard InChI is InChI=1S/C10H17N3O2/c1-13-7-9(6-12-13)2-3-10(14)8-15-5-4-11/h6-7H,2-5,8,11H2,1H3. The van der Waals surface area contributed by atoms with Crippen molar-refractivity contribution in [1.82, 2.24) is 9.78 Å². The summed E-state index contributed by atoms with van der Waals surface area (Å²) in [4.78, 5) is 11.3. The minimum absolute atomic E-state index is 0.104. The van der Waals surface area contributed by atoms with E-state index in [0.29, 0.717) is 19.6 Å². The lowest BCUT2D eigenvalue weighted by atomic mass is 10.1. The van der Waals surface area contributed by atoms with E-state index in [4.69, 9.17) is 10.5 Å². The van der Waals surface area contributed by atoms with Gasteiger partial charge in [0, 0.05) is 26.2 Å². The number of ether oxygens (including phenoxy) is 1. The highest BCUT2D eigenvalue weighted by atomic mass is 16.5. The van der Waals surface area contributed by atoms with Gasteiger partial charge in [-0.1, -0.05) is 0 Å². The van der Waals surface area contributed by atoms with Crippen LogP contribution in [0.15, 0.2) is 12.4 Å². The summed E-state index contributed by atoms with van der Waals surface area (Å²) >= 11 is 0. The lowest BCUT2D eigenvalue weighted by molar-refractivity contribution is -0.123. The van der Waals surface area contributed by atoms with Gasteiger partial charge >= 0.3 is 0 Å². The first-order valence-electron chi connectivity index (χ1n) is 4.99. The Morgan fingerprint density at radius 1 is 1.67 bits per heavy atom. The summed E-state index contributed by atoms with van der Waals surface area (Å²) in [5.74, 6) is 0.104. The average Bonchev–Trinajstić information content (AvgIpc) is 2.62. The Morgan fingerprint density at radius 2 is 2.47 bits per heavy atom. The van der Waals surface area contributed by atoms with Crippen LogP contribution < -0.4 is 5.73 Å². The molecule has 0 unspecified atom stereocenters. The summed E-state index contributed by atoms with van der Waals surface area (Å²) in [6.45, 7) is 1.06. The largest absolute Gasteiger partial charge is 0.372 e. The number of hydrogen-bond acceptors (Lipinski definition) is 4. The fourth-order valence-corrected chi connectivity index (χ4v) is 1.23. The molecule has 0 saturated heterocycles. The lowest BCUT2D eigenvalue weighted by Crippen LogP contribution is -2.14. The highest BCUT2D eigenvalue weighted by molar-refractivity contribution is 5.79. The van der Waals surface area contributed by atoms with Crippen molar-refractivity contribution in [2.24, 2.45) is 12.8 Å². The van der Waals surface area contributed by atoms with Crippen molar-refractivity contribution in [3.63, 3.8) is 0 Å². The molecule has 0 aromatic carbocycles. The number of carbonyl (C=O) groups excluding carboxylic acids is 1. The predicted octanol–water partition coefficient (Wildman–Crippen LogP) is -0.103. The summed E-state index contributed by atoms with van der Waals surface area (Å²) in [5, 5.41) is 4.03. The molecule has 0 amide bonds. The molecule has 0 fully saturated rings. The Hall–Kier alpha value is -1.20. The van der Waals surface area contributed by atoms with Crippen molar-refractivity contribution in [2.45, 2.75) is 12.8 Å². The van der Waals surface area contributed by atoms with Crippen LogP contribution in [-0.2, 0) is 23.0 Å². The van der Waals surface area contributed by atoms with Gasteiger partial charge in [-0.15, -0.1) is 0 Å². The third kappa shape index (κ3) is 4.71. The fourth-order valence-electron chi connectivity index (χ4n) is 1.23. The van der Waals surface area contributed by atoms with Crippen LogP contribution in [0.4, 0.5) is 0 Å². The molecule has 15 heavy (non-hydrogen) atoms. The van der Waals surface area contributed by atoms with E-state index in [9.17, 15) is 4.79 Å². The van der Waals surface area contributed by atoms with Gasteiger partial charge in [0.15, 0.2) is 5.78 Å². The van der Waals surface area contributed by atoms with Crippen molar-refractivity contribution in [1.29, 1.82) is 0 Å². The van der Waals surface area contributed by atoms with Gasteiger partial charge in [0.25, 0.3) is 0 Å². The normalized spacial score (nSPS) is 10.5. The Bertz CT molecular complexity index is 309. The SMILES string of the molecule is Cn1cc(CCC(=O)COCCN)cn1. The number of hydrogen-bond donors (Lipinski definition) is 1. The van der Waals surface area contributed by atoms with Crippen LogP contribution in [0.25, 0.3) is 0 Å². The smallest absolute Gasteiger partial charge is 0.158 e. The van der Waals surface area contributed by atoms with Gasteiger partial charge in [-0.05, 0) is 12.0 Å². The Labute approximate surface area is 89.2 Å². The zero-order chi connectivity index (χ0) is 11.1. The average molecular weight is 211 g/mol. The summed E-state index contributed by atoms with van der Waals surface area (Å²) in [6, 6.07) is 0. The molecule has 1 rings (SSSR count). The van der Waals surface area contributed by atoms with Gasteiger partial charge in [-0.3, -0.25) is 9.48 Å². The molecule has 1 heterocycles. The number of rotatable bonds is 7. The molecule has 0 atom stereocenters. The van der Waals surface area contributed by atoms with E-state index in [1.807, 2.05) is 13.2 Å². The van der Waals surface area contributed by atoms with Crippen molar-refractivity contribution in [2.75, 3.05) is 19.8 Å². The molecule has 1 aromatic heterocycles. The highest BCUT2D eigenvalue weighted by Crippen LogP contribution is 2.01. The van der Waals surface area contributed by atoms with Crippen LogP contribution in [0.2, 0.25) is 0 Å². The number of carbonyl (C=O) groups is 1. The molecule has 0 aliphatic heterocycles. The van der Waals surface area contributed by atoms with E-state index in [2.05, 4.69) is 5.10 Å². The zero-order valence-corrected chi connectivity index (χ0v) is 8.98. The fraction of sp³-hybridized carbons (Fsp3) is 0.600. The topological polar surface area (TPSA) is 70.1 Å². The Morgan fingerprint density at radius 3 is 3.07 bits per heavy atom. The van der Waals surface area contributed by atoms with Crippen LogP contribution in [-0.4, -0.2) is 35.3 Å². The van der Waals surface area contributed by atoms with E-state index < -0.39 is 0 Å². The molecule has 1 aromatic rings. The maximum atomic E-state index is 11.3. The first kappa shape index (κ1) is 11.9. The maximum absolute atomic E-state index is 11.3. The highest BCUT2D eigenvalue weighted by Gasteiger charge is 2.03. The zero-order valence-electron chi connectivity index (χ0n) is 8.98. The molecule has 84 valence electrons. The third-order valence-corrected chi connectivity index (χ3v) is 1.98. The van der Waals surface area contributed by atoms with Crippen LogP contribution in [0.1, 0.15) is 12.0 Å². The number of aryl methyl sites for hydroxylation is 2. The molecule has 5 nitrogen and oxygen atoms in total. The summed E-state index contributed by atoms with van der Waals surface area (Å²) in [5.41, 5.74) is 6.31. The predicted molar refractivity (Wildman–Crippen MR) is 56.4 cm³/mol. The number of nitrogens with zero attached hydrogens (tertiary/aromatic N) is 2. The van der Waals surface area contributed by atoms with Gasteiger partial charge in [0.2, 0.25) is 0 Å². The molecule has 0 spiro atoms. The Balaban J connectivity index is 2.16. The van der Waals surface area contributed by atoms with Crippen molar-refractivity contribution >= 4 is 5.78 Å². The molecule has 0 radical (unpaired) electrons. The molecule has 0 saturated carbocycles. The Kier molecular flexibility index (Phi) is 5.00. The monoisotopic (exact) mass is 211 g/mol. The van der Waals surface area contributed by atoms with Crippen molar-refractivity contribution < 1.29 is 9.53 Å². The van der Waals surface area contributed by atoms with E-state index in [1.165, 1.54) is 0 Å². The van der Waals surface area contributed by atoms with Crippen LogP contribution >= 0.6 is 0 Å². The van der Waals surface area contributed by atoms with Crippen LogP contribution in [0.5, 0.6) is 0 Å². The van der Waals surface area contributed by atoms with Crippen LogP contribution in [0, 0.1) is 0 Å². The number of aromatic nitrogens is 2. The van der Waals surface area contributed by atoms with Crippen LogP contribution in [0.3, 0.4) is 0 Å². The second-order valence-corrected chi connectivity index (χ2v) is 3.40. The van der Waals surface area contributed by atoms with Crippen molar-refractivity contribution in [3.05, 3.63) is 18.0 Å². The lowest BCUT2D eigenvalue weighted by Gasteiger charge is -2.00. The van der Waals surface area contributed by atoms with E-state index >= 15 is 0 Å². The second-order valence-electron chi connectivity index (χ2n) is 3.40. The minimum Gasteiger partial charge on any atom is -0.372 e. The molecule has 0 aliphatic rings. The first-order valence-corrected chi connectivity index (χ1v) is 4.99. The minimum atomic E-state index is 0.104. The molecular weight excluding hydrogens is 194 g/mol. The first-order chi connectivity index (χ1) is 7.22. The molecule has 0 bridgehead atoms. The third-order valence-electron chi connectivity index (χ3n) is 1.98. The van der Waals surface area contributed by atoms with Crippen molar-refractivity contribution in [3.8, 4) is 0 Å². The number of nitrogens with two attached hydrogens (primary N) is 1. The van der Waals surface area contributed by atoms with Gasteiger partial charge in [-0.2, -0.15) is 5.10 Å². The summed E-state index contributed by atoms with van der Waals surface area (Å²) < 4.78 is 6.77. The number of ketones is 1. The van der Waals surface area contributed by atoms with E-state index in [0.717, 1.165) is 12.0 Å². The van der Waals surface area contributed by atoms with Gasteiger partial charge in [-0.25, -0.2) is 0 Å². The molecule has 0 aliphatic carbocycles. The van der Waals surface area contributed by atoms with E-state index in [1.54, 1.807) is 10.9 Å². The number of Topliss-reactive ketones (excluding diaryl/α,β-unsaturated/α-hetero) is 1. The van der Waals surface area contributed by atoms with Gasteiger partial charge in [0.05, 0.1) is 12.8 Å². The molecule has 2 N–H and O–H groups in total. The van der Waals surface area contributed by atoms with Gasteiger partial charge in [0.1, 0.15) is 6.61 Å².